The maximum Gasteiger partial charge on any atom is 0.321 e. The van der Waals surface area contributed by atoms with Crippen molar-refractivity contribution in [3.63, 3.8) is 0 Å². The van der Waals surface area contributed by atoms with Gasteiger partial charge in [0.1, 0.15) is 0 Å². The Morgan fingerprint density at radius 3 is 2.20 bits per heavy atom. The Balaban J connectivity index is 3.14. The van der Waals surface area contributed by atoms with Crippen LogP contribution in [0.3, 0.4) is 0 Å². The van der Waals surface area contributed by atoms with E-state index in [0.29, 0.717) is 0 Å². The van der Waals surface area contributed by atoms with Crippen molar-refractivity contribution >= 4 is 11.7 Å². The smallest absolute Gasteiger partial charge is 0.321 e. The van der Waals surface area contributed by atoms with E-state index in [4.69, 9.17) is 0 Å². The molecule has 82 valence electrons. The predicted molar refractivity (Wildman–Crippen MR) is 63.5 cm³/mol. The summed E-state index contributed by atoms with van der Waals surface area (Å²) in [7, 11) is 3.41. The third kappa shape index (κ3) is 2.29. The maximum absolute atomic E-state index is 11.5. The van der Waals surface area contributed by atoms with E-state index in [2.05, 4.69) is 25.2 Å². The summed E-state index contributed by atoms with van der Waals surface area (Å²) in [6.07, 6.45) is 0. The minimum absolute atomic E-state index is 0.0960. The molecule has 0 heterocycles. The lowest BCUT2D eigenvalue weighted by Gasteiger charge is -2.20. The summed E-state index contributed by atoms with van der Waals surface area (Å²) < 4.78 is 0. The first-order valence-corrected chi connectivity index (χ1v) is 5.00. The van der Waals surface area contributed by atoms with E-state index in [-0.39, 0.29) is 6.03 Å². The monoisotopic (exact) mass is 206 g/mol. The Bertz CT molecular complexity index is 385. The van der Waals surface area contributed by atoms with E-state index in [1.54, 1.807) is 19.0 Å². The Labute approximate surface area is 91.1 Å². The molecule has 0 bridgehead atoms. The fourth-order valence-electron chi connectivity index (χ4n) is 1.58. The van der Waals surface area contributed by atoms with E-state index in [1.807, 2.05) is 13.0 Å². The first-order chi connectivity index (χ1) is 6.97. The van der Waals surface area contributed by atoms with E-state index < -0.39 is 0 Å². The Kier molecular flexibility index (Phi) is 3.35. The van der Waals surface area contributed by atoms with Gasteiger partial charge in [-0.15, -0.1) is 0 Å². The predicted octanol–water partition coefficient (Wildman–Crippen LogP) is 2.39. The number of amides is 2. The third-order valence-electron chi connectivity index (χ3n) is 2.69. The van der Waals surface area contributed by atoms with Crippen LogP contribution in [-0.4, -0.2) is 20.1 Å². The molecule has 1 N–H and O–H groups in total. The second-order valence-electron chi connectivity index (χ2n) is 3.84. The summed E-state index contributed by atoms with van der Waals surface area (Å²) >= 11 is 0. The highest BCUT2D eigenvalue weighted by Gasteiger charge is 2.11. The number of aryl methyl sites for hydroxylation is 3. The van der Waals surface area contributed by atoms with E-state index in [9.17, 15) is 4.79 Å². The molecule has 15 heavy (non-hydrogen) atoms. The van der Waals surface area contributed by atoms with Gasteiger partial charge in [-0.2, -0.15) is 0 Å². The number of hydrogen-bond acceptors (Lipinski definition) is 1. The number of rotatable bonds is 1. The Morgan fingerprint density at radius 1 is 1.13 bits per heavy atom. The second kappa shape index (κ2) is 4.34. The minimum Gasteiger partial charge on any atom is -0.341 e. The van der Waals surface area contributed by atoms with Crippen molar-refractivity contribution in [2.75, 3.05) is 19.0 Å². The average molecular weight is 206 g/mol. The van der Waals surface area contributed by atoms with Crippen molar-refractivity contribution in [2.24, 2.45) is 0 Å². The Morgan fingerprint density at radius 2 is 1.67 bits per heavy atom. The normalized spacial score (nSPS) is 9.93. The molecule has 3 heteroatoms. The zero-order valence-corrected chi connectivity index (χ0v) is 10.0. The van der Waals surface area contributed by atoms with Gasteiger partial charge in [0.05, 0.1) is 0 Å². The molecule has 0 saturated carbocycles. The molecular formula is C12H18N2O. The molecule has 0 aliphatic carbocycles. The van der Waals surface area contributed by atoms with Crippen LogP contribution in [0.5, 0.6) is 0 Å². The summed E-state index contributed by atoms with van der Waals surface area (Å²) in [5.74, 6) is 0. The molecule has 1 aromatic rings. The van der Waals surface area contributed by atoms with Gasteiger partial charge < -0.3 is 5.32 Å². The van der Waals surface area contributed by atoms with Gasteiger partial charge in [-0.05, 0) is 43.5 Å². The minimum atomic E-state index is -0.0960. The Hall–Kier alpha value is -1.51. The number of nitrogens with zero attached hydrogens (tertiary/aromatic N) is 1. The van der Waals surface area contributed by atoms with Gasteiger partial charge in [-0.25, -0.2) is 4.79 Å². The molecule has 0 aliphatic heterocycles. The fourth-order valence-corrected chi connectivity index (χ4v) is 1.58. The van der Waals surface area contributed by atoms with Crippen LogP contribution in [0.4, 0.5) is 10.5 Å². The molecule has 1 aromatic carbocycles. The lowest BCUT2D eigenvalue weighted by molar-refractivity contribution is 0.249. The quantitative estimate of drug-likeness (QED) is 0.751. The first-order valence-electron chi connectivity index (χ1n) is 5.00. The van der Waals surface area contributed by atoms with Gasteiger partial charge in [-0.3, -0.25) is 4.90 Å². The van der Waals surface area contributed by atoms with Crippen molar-refractivity contribution in [1.82, 2.24) is 5.32 Å². The lowest BCUT2D eigenvalue weighted by atomic mass is 10.0. The number of urea groups is 1. The molecule has 0 aliphatic rings. The molecule has 0 radical (unpaired) electrons. The largest absolute Gasteiger partial charge is 0.341 e. The zero-order chi connectivity index (χ0) is 11.6. The molecule has 0 atom stereocenters. The molecule has 3 nitrogen and oxygen atoms in total. The van der Waals surface area contributed by atoms with Crippen LogP contribution in [0.2, 0.25) is 0 Å². The zero-order valence-electron chi connectivity index (χ0n) is 10.0. The summed E-state index contributed by atoms with van der Waals surface area (Å²) in [6.45, 7) is 6.14. The SMILES string of the molecule is CNC(=O)N(C)c1cc(C)c(C)cc1C. The standard InChI is InChI=1S/C12H18N2O/c1-8-6-10(3)11(7-9(8)2)14(5)12(15)13-4/h6-7H,1-5H3,(H,13,15). The van der Waals surface area contributed by atoms with Crippen molar-refractivity contribution in [2.45, 2.75) is 20.8 Å². The number of hydrogen-bond donors (Lipinski definition) is 1. The lowest BCUT2D eigenvalue weighted by Crippen LogP contribution is -2.35. The molecule has 0 aromatic heterocycles. The van der Waals surface area contributed by atoms with Crippen molar-refractivity contribution < 1.29 is 4.79 Å². The highest BCUT2D eigenvalue weighted by Crippen LogP contribution is 2.23. The van der Waals surface area contributed by atoms with Gasteiger partial charge in [0, 0.05) is 19.8 Å². The summed E-state index contributed by atoms with van der Waals surface area (Å²) in [4.78, 5) is 13.1. The molecule has 0 saturated heterocycles. The molecule has 0 fully saturated rings. The van der Waals surface area contributed by atoms with Crippen LogP contribution in [0.25, 0.3) is 0 Å². The molecular weight excluding hydrogens is 188 g/mol. The van der Waals surface area contributed by atoms with E-state index in [0.717, 1.165) is 11.3 Å². The van der Waals surface area contributed by atoms with Crippen molar-refractivity contribution in [3.05, 3.63) is 28.8 Å². The summed E-state index contributed by atoms with van der Waals surface area (Å²) in [5.41, 5.74) is 4.52. The van der Waals surface area contributed by atoms with Crippen LogP contribution in [0.15, 0.2) is 12.1 Å². The molecule has 1 rings (SSSR count). The topological polar surface area (TPSA) is 32.3 Å². The molecule has 2 amide bonds. The number of benzene rings is 1. The van der Waals surface area contributed by atoms with Crippen molar-refractivity contribution in [1.29, 1.82) is 0 Å². The number of anilines is 1. The molecule has 0 spiro atoms. The van der Waals surface area contributed by atoms with Crippen LogP contribution >= 0.6 is 0 Å². The van der Waals surface area contributed by atoms with Crippen LogP contribution in [0, 0.1) is 20.8 Å². The average Bonchev–Trinajstić information content (AvgIpc) is 2.21. The number of carbonyl (C=O) groups is 1. The van der Waals surface area contributed by atoms with Gasteiger partial charge in [-0.1, -0.05) is 6.07 Å². The second-order valence-corrected chi connectivity index (χ2v) is 3.84. The van der Waals surface area contributed by atoms with E-state index >= 15 is 0 Å². The van der Waals surface area contributed by atoms with E-state index in [1.165, 1.54) is 11.1 Å². The maximum atomic E-state index is 11.5. The molecule has 0 unspecified atom stereocenters. The van der Waals surface area contributed by atoms with Gasteiger partial charge in [0.15, 0.2) is 0 Å². The highest BCUT2D eigenvalue weighted by molar-refractivity contribution is 5.92. The first kappa shape index (κ1) is 11.6. The number of nitrogens with one attached hydrogen (secondary N) is 1. The van der Waals surface area contributed by atoms with Crippen LogP contribution in [0.1, 0.15) is 16.7 Å². The van der Waals surface area contributed by atoms with Gasteiger partial charge in [0.2, 0.25) is 0 Å². The highest BCUT2D eigenvalue weighted by atomic mass is 16.2. The summed E-state index contributed by atoms with van der Waals surface area (Å²) in [5, 5.41) is 2.61. The van der Waals surface area contributed by atoms with Crippen molar-refractivity contribution in [3.8, 4) is 0 Å². The number of carbonyl (C=O) groups excluding carboxylic acids is 1. The van der Waals surface area contributed by atoms with Gasteiger partial charge >= 0.3 is 6.03 Å². The van der Waals surface area contributed by atoms with Crippen LogP contribution in [-0.2, 0) is 0 Å². The third-order valence-corrected chi connectivity index (χ3v) is 2.69. The summed E-state index contributed by atoms with van der Waals surface area (Å²) in [6, 6.07) is 4.05. The van der Waals surface area contributed by atoms with Crippen LogP contribution < -0.4 is 10.2 Å². The fraction of sp³-hybridized carbons (Fsp3) is 0.417. The van der Waals surface area contributed by atoms with Gasteiger partial charge in [0.25, 0.3) is 0 Å².